The zero-order valence-electron chi connectivity index (χ0n) is 12.9. The highest BCUT2D eigenvalue weighted by Crippen LogP contribution is 2.38. The van der Waals surface area contributed by atoms with Crippen LogP contribution in [0, 0.1) is 0 Å². The van der Waals surface area contributed by atoms with E-state index in [0.29, 0.717) is 0 Å². The quantitative estimate of drug-likeness (QED) is 0.658. The Morgan fingerprint density at radius 2 is 2.10 bits per heavy atom. The number of nitrogens with zero attached hydrogens (tertiary/aromatic N) is 1. The third kappa shape index (κ3) is 3.47. The molecule has 0 amide bonds. The molecule has 1 aliphatic carbocycles. The summed E-state index contributed by atoms with van der Waals surface area (Å²) >= 11 is 0. The average molecular weight is 269 g/mol. The standard InChI is InChI=1S/C16H17NO.C2H6/c1-5-17-14-10-12(4)9-13(16(14)11(2)3)15-7-6-8-18-15;1-2/h5-9H,2,4,10H2,1,3H3;1-2H3. The summed E-state index contributed by atoms with van der Waals surface area (Å²) in [5, 5.41) is 0. The molecule has 0 atom stereocenters. The van der Waals surface area contributed by atoms with Crippen LogP contribution in [0.15, 0.2) is 69.5 Å². The van der Waals surface area contributed by atoms with Crippen molar-refractivity contribution in [1.29, 1.82) is 0 Å². The molecule has 2 nitrogen and oxygen atoms in total. The van der Waals surface area contributed by atoms with Gasteiger partial charge in [-0.1, -0.05) is 27.0 Å². The Kier molecular flexibility index (Phi) is 5.98. The van der Waals surface area contributed by atoms with Crippen LogP contribution in [0.5, 0.6) is 0 Å². The van der Waals surface area contributed by atoms with Crippen molar-refractivity contribution in [2.75, 3.05) is 0 Å². The Balaban J connectivity index is 0.000000956. The van der Waals surface area contributed by atoms with Gasteiger partial charge in [0, 0.05) is 23.8 Å². The van der Waals surface area contributed by atoms with Crippen molar-refractivity contribution in [3.8, 4) is 0 Å². The second-order valence-electron chi connectivity index (χ2n) is 4.36. The molecule has 0 saturated heterocycles. The minimum absolute atomic E-state index is 0.761. The van der Waals surface area contributed by atoms with E-state index in [4.69, 9.17) is 4.42 Å². The number of hydrogen-bond donors (Lipinski definition) is 0. The summed E-state index contributed by atoms with van der Waals surface area (Å²) in [6.45, 7) is 16.0. The van der Waals surface area contributed by atoms with Crippen LogP contribution < -0.4 is 0 Å². The Bertz CT molecular complexity index is 569. The predicted octanol–water partition coefficient (Wildman–Crippen LogP) is 5.57. The molecule has 1 aliphatic rings. The molecular formula is C18H23NO. The number of rotatable bonds is 3. The zero-order valence-corrected chi connectivity index (χ0v) is 12.9. The molecular weight excluding hydrogens is 246 g/mol. The molecule has 106 valence electrons. The summed E-state index contributed by atoms with van der Waals surface area (Å²) in [6, 6.07) is 3.83. The fraction of sp³-hybridized carbons (Fsp3) is 0.278. The van der Waals surface area contributed by atoms with E-state index >= 15 is 0 Å². The summed E-state index contributed by atoms with van der Waals surface area (Å²) in [5.74, 6) is 0.831. The van der Waals surface area contributed by atoms with Gasteiger partial charge >= 0.3 is 0 Å². The molecule has 0 N–H and O–H groups in total. The molecule has 0 fully saturated rings. The van der Waals surface area contributed by atoms with Gasteiger partial charge in [0.05, 0.1) is 12.0 Å². The molecule has 1 aromatic heterocycles. The van der Waals surface area contributed by atoms with Crippen molar-refractivity contribution in [3.63, 3.8) is 0 Å². The van der Waals surface area contributed by atoms with Crippen LogP contribution in [-0.4, -0.2) is 6.21 Å². The molecule has 0 radical (unpaired) electrons. The van der Waals surface area contributed by atoms with E-state index in [2.05, 4.69) is 24.2 Å². The molecule has 0 aliphatic heterocycles. The summed E-state index contributed by atoms with van der Waals surface area (Å²) in [6.07, 6.45) is 6.29. The Labute approximate surface area is 121 Å². The second kappa shape index (κ2) is 7.49. The minimum atomic E-state index is 0.761. The number of hydrogen-bond acceptors (Lipinski definition) is 2. The molecule has 0 spiro atoms. The van der Waals surface area contributed by atoms with Gasteiger partial charge in [0.2, 0.25) is 0 Å². The maximum atomic E-state index is 5.49. The van der Waals surface area contributed by atoms with E-state index in [1.54, 1.807) is 12.5 Å². The van der Waals surface area contributed by atoms with E-state index in [0.717, 1.165) is 40.2 Å². The lowest BCUT2D eigenvalue weighted by Crippen LogP contribution is -2.02. The molecule has 1 aromatic rings. The normalized spacial score (nSPS) is 15.0. The number of aliphatic imine (C=N–C) groups is 1. The maximum absolute atomic E-state index is 5.49. The second-order valence-corrected chi connectivity index (χ2v) is 4.36. The van der Waals surface area contributed by atoms with Crippen LogP contribution in [0.3, 0.4) is 0 Å². The summed E-state index contributed by atoms with van der Waals surface area (Å²) in [4.78, 5) is 4.45. The number of furan rings is 1. The van der Waals surface area contributed by atoms with Gasteiger partial charge in [-0.05, 0) is 43.2 Å². The van der Waals surface area contributed by atoms with Gasteiger partial charge in [-0.25, -0.2) is 0 Å². The van der Waals surface area contributed by atoms with Gasteiger partial charge in [0.25, 0.3) is 0 Å². The lowest BCUT2D eigenvalue weighted by Gasteiger charge is -2.20. The van der Waals surface area contributed by atoms with Gasteiger partial charge in [-0.2, -0.15) is 0 Å². The monoisotopic (exact) mass is 269 g/mol. The summed E-state index contributed by atoms with van der Waals surface area (Å²) in [7, 11) is 0. The van der Waals surface area contributed by atoms with Crippen LogP contribution in [0.1, 0.15) is 39.9 Å². The van der Waals surface area contributed by atoms with Gasteiger partial charge in [0.1, 0.15) is 5.76 Å². The van der Waals surface area contributed by atoms with Crippen LogP contribution in [0.25, 0.3) is 5.57 Å². The highest BCUT2D eigenvalue weighted by Gasteiger charge is 2.20. The first kappa shape index (κ1) is 16.0. The fourth-order valence-corrected chi connectivity index (χ4v) is 2.15. The van der Waals surface area contributed by atoms with E-state index in [9.17, 15) is 0 Å². The topological polar surface area (TPSA) is 25.5 Å². The van der Waals surface area contributed by atoms with E-state index in [-0.39, 0.29) is 0 Å². The molecule has 0 bridgehead atoms. The smallest absolute Gasteiger partial charge is 0.134 e. The van der Waals surface area contributed by atoms with Crippen molar-refractivity contribution in [2.45, 2.75) is 34.1 Å². The summed E-state index contributed by atoms with van der Waals surface area (Å²) < 4.78 is 5.49. The van der Waals surface area contributed by atoms with Gasteiger partial charge in [-0.3, -0.25) is 4.99 Å². The molecule has 20 heavy (non-hydrogen) atoms. The highest BCUT2D eigenvalue weighted by molar-refractivity contribution is 5.85. The predicted molar refractivity (Wildman–Crippen MR) is 87.8 cm³/mol. The lowest BCUT2D eigenvalue weighted by atomic mass is 9.87. The van der Waals surface area contributed by atoms with E-state index in [1.165, 1.54) is 0 Å². The van der Waals surface area contributed by atoms with Crippen molar-refractivity contribution in [2.24, 2.45) is 4.99 Å². The van der Waals surface area contributed by atoms with Crippen molar-refractivity contribution < 1.29 is 4.42 Å². The van der Waals surface area contributed by atoms with E-state index in [1.807, 2.05) is 39.8 Å². The van der Waals surface area contributed by atoms with Crippen LogP contribution in [-0.2, 0) is 0 Å². The highest BCUT2D eigenvalue weighted by atomic mass is 16.3. The van der Waals surface area contributed by atoms with Crippen molar-refractivity contribution in [1.82, 2.24) is 0 Å². The maximum Gasteiger partial charge on any atom is 0.134 e. The largest absolute Gasteiger partial charge is 0.464 e. The van der Waals surface area contributed by atoms with Gasteiger partial charge in [0.15, 0.2) is 0 Å². The first-order valence-electron chi connectivity index (χ1n) is 6.95. The molecule has 0 aromatic carbocycles. The van der Waals surface area contributed by atoms with Crippen LogP contribution in [0.4, 0.5) is 0 Å². The molecule has 2 heteroatoms. The molecule has 2 rings (SSSR count). The third-order valence-corrected chi connectivity index (χ3v) is 2.80. The van der Waals surface area contributed by atoms with Gasteiger partial charge in [-0.15, -0.1) is 0 Å². The Hall–Kier alpha value is -2.09. The van der Waals surface area contributed by atoms with Crippen molar-refractivity contribution >= 4 is 11.8 Å². The Morgan fingerprint density at radius 1 is 1.40 bits per heavy atom. The van der Waals surface area contributed by atoms with Crippen molar-refractivity contribution in [3.05, 3.63) is 65.8 Å². The fourth-order valence-electron chi connectivity index (χ4n) is 2.15. The van der Waals surface area contributed by atoms with Crippen LogP contribution >= 0.6 is 0 Å². The van der Waals surface area contributed by atoms with Gasteiger partial charge < -0.3 is 4.42 Å². The molecule has 0 unspecified atom stereocenters. The average Bonchev–Trinajstić information content (AvgIpc) is 2.94. The summed E-state index contributed by atoms with van der Waals surface area (Å²) in [5.41, 5.74) is 5.11. The van der Waals surface area contributed by atoms with Crippen LogP contribution in [0.2, 0.25) is 0 Å². The Morgan fingerprint density at radius 3 is 2.60 bits per heavy atom. The lowest BCUT2D eigenvalue weighted by molar-refractivity contribution is 0.553. The molecule has 0 saturated carbocycles. The third-order valence-electron chi connectivity index (χ3n) is 2.80. The first-order valence-corrected chi connectivity index (χ1v) is 6.95. The first-order chi connectivity index (χ1) is 9.63. The van der Waals surface area contributed by atoms with E-state index < -0.39 is 0 Å². The number of allylic oxidation sites excluding steroid dienone is 5. The SMILES string of the molecule is C=C1C=C(c2ccco2)C(C(=C)C)=C(N=CC)C1.CC. The zero-order chi connectivity index (χ0) is 15.1. The minimum Gasteiger partial charge on any atom is -0.464 e. The molecule has 1 heterocycles.